The minimum absolute atomic E-state index is 0.139. The van der Waals surface area contributed by atoms with E-state index in [4.69, 9.17) is 14.0 Å². The van der Waals surface area contributed by atoms with Gasteiger partial charge in [-0.3, -0.25) is 4.79 Å². The van der Waals surface area contributed by atoms with Gasteiger partial charge in [0.25, 0.3) is 0 Å². The van der Waals surface area contributed by atoms with Gasteiger partial charge < -0.3 is 14.0 Å². The second kappa shape index (κ2) is 6.97. The Hall–Kier alpha value is -0.393. The van der Waals surface area contributed by atoms with Crippen molar-refractivity contribution in [1.29, 1.82) is 0 Å². The third-order valence-electron chi connectivity index (χ3n) is 2.07. The maximum Gasteiger partial charge on any atom is 0.338 e. The zero-order valence-corrected chi connectivity index (χ0v) is 10.2. The summed E-state index contributed by atoms with van der Waals surface area (Å²) < 4.78 is 11.2. The summed E-state index contributed by atoms with van der Waals surface area (Å²) in [6, 6.07) is 1.35. The van der Waals surface area contributed by atoms with E-state index in [1.54, 1.807) is 0 Å². The normalized spacial score (nSPS) is 11.6. The Kier molecular flexibility index (Phi) is 6.78. The van der Waals surface area contributed by atoms with Gasteiger partial charge in [-0.15, -0.1) is 0 Å². The van der Waals surface area contributed by atoms with E-state index in [1.165, 1.54) is 0 Å². The minimum Gasteiger partial charge on any atom is -0.481 e. The second-order valence-corrected chi connectivity index (χ2v) is 6.63. The molecule has 5 heteroatoms. The van der Waals surface area contributed by atoms with Gasteiger partial charge in [0.2, 0.25) is 0 Å². The molecule has 0 aromatic heterocycles. The summed E-state index contributed by atoms with van der Waals surface area (Å²) in [5, 5.41) is 8.62. The second-order valence-electron chi connectivity index (χ2n) is 3.02. The summed E-state index contributed by atoms with van der Waals surface area (Å²) >= 11 is 0. The van der Waals surface area contributed by atoms with Crippen molar-refractivity contribution >= 4 is 14.5 Å². The molecule has 0 fully saturated rings. The topological polar surface area (TPSA) is 55.8 Å². The maximum atomic E-state index is 10.5. The monoisotopic (exact) mass is 220 g/mol. The minimum atomic E-state index is -2.21. The Morgan fingerprint density at radius 3 is 2.00 bits per heavy atom. The molecule has 0 rings (SSSR count). The van der Waals surface area contributed by atoms with Crippen LogP contribution < -0.4 is 0 Å². The number of carboxylic acid groups (broad SMARTS) is 1. The van der Waals surface area contributed by atoms with Crippen LogP contribution in [0.15, 0.2) is 0 Å². The van der Waals surface area contributed by atoms with Crippen LogP contribution in [-0.2, 0) is 13.6 Å². The highest BCUT2D eigenvalue weighted by molar-refractivity contribution is 6.67. The van der Waals surface area contributed by atoms with Gasteiger partial charge in [0.1, 0.15) is 0 Å². The number of carboxylic acids is 1. The van der Waals surface area contributed by atoms with E-state index in [2.05, 4.69) is 0 Å². The summed E-state index contributed by atoms with van der Waals surface area (Å²) in [5.74, 6) is -0.783. The van der Waals surface area contributed by atoms with Gasteiger partial charge in [-0.2, -0.15) is 0 Å². The van der Waals surface area contributed by atoms with Crippen molar-refractivity contribution in [2.24, 2.45) is 0 Å². The molecule has 0 aliphatic heterocycles. The van der Waals surface area contributed by atoms with Crippen LogP contribution in [0.25, 0.3) is 0 Å². The van der Waals surface area contributed by atoms with Crippen molar-refractivity contribution < 1.29 is 18.8 Å². The van der Waals surface area contributed by atoms with Gasteiger partial charge in [-0.05, 0) is 19.9 Å². The number of hydrogen-bond acceptors (Lipinski definition) is 3. The number of rotatable bonds is 8. The van der Waals surface area contributed by atoms with Crippen LogP contribution in [0.3, 0.4) is 0 Å². The largest absolute Gasteiger partial charge is 0.481 e. The van der Waals surface area contributed by atoms with Gasteiger partial charge in [-0.25, -0.2) is 0 Å². The van der Waals surface area contributed by atoms with E-state index < -0.39 is 14.5 Å². The highest BCUT2D eigenvalue weighted by Crippen LogP contribution is 2.20. The number of hydrogen-bond donors (Lipinski definition) is 1. The highest BCUT2D eigenvalue weighted by Gasteiger charge is 2.35. The van der Waals surface area contributed by atoms with E-state index >= 15 is 0 Å². The lowest BCUT2D eigenvalue weighted by atomic mass is 10.5. The SMILES string of the molecule is CCO[Si](CC)(CCC(=O)O)OCC. The molecule has 0 aromatic rings. The highest BCUT2D eigenvalue weighted by atomic mass is 28.4. The van der Waals surface area contributed by atoms with Crippen molar-refractivity contribution in [2.45, 2.75) is 39.3 Å². The molecule has 0 aliphatic carbocycles. The van der Waals surface area contributed by atoms with Crippen LogP contribution in [-0.4, -0.2) is 32.9 Å². The summed E-state index contributed by atoms with van der Waals surface area (Å²) in [6.45, 7) is 7.02. The standard InChI is InChI=1S/C9H20O4Si/c1-4-12-14(6-3,13-5-2)8-7-9(10)11/h4-8H2,1-3H3,(H,10,11). The fourth-order valence-corrected chi connectivity index (χ4v) is 4.17. The molecule has 0 radical (unpaired) electrons. The first-order chi connectivity index (χ1) is 6.60. The molecule has 84 valence electrons. The van der Waals surface area contributed by atoms with Crippen molar-refractivity contribution in [3.8, 4) is 0 Å². The van der Waals surface area contributed by atoms with E-state index in [1.807, 2.05) is 20.8 Å². The first-order valence-corrected chi connectivity index (χ1v) is 7.33. The molecular formula is C9H20O4Si. The van der Waals surface area contributed by atoms with Crippen molar-refractivity contribution in [3.63, 3.8) is 0 Å². The molecule has 0 spiro atoms. The third-order valence-corrected chi connectivity index (χ3v) is 5.79. The molecule has 14 heavy (non-hydrogen) atoms. The Balaban J connectivity index is 4.24. The van der Waals surface area contributed by atoms with Crippen LogP contribution in [0.4, 0.5) is 0 Å². The predicted molar refractivity (Wildman–Crippen MR) is 56.5 cm³/mol. The molecular weight excluding hydrogens is 200 g/mol. The van der Waals surface area contributed by atoms with Crippen LogP contribution in [0, 0.1) is 0 Å². The van der Waals surface area contributed by atoms with Gasteiger partial charge in [0, 0.05) is 25.7 Å². The fraction of sp³-hybridized carbons (Fsp3) is 0.889. The lowest BCUT2D eigenvalue weighted by Crippen LogP contribution is -2.41. The molecule has 0 bridgehead atoms. The quantitative estimate of drug-likeness (QED) is 0.636. The van der Waals surface area contributed by atoms with Gasteiger partial charge >= 0.3 is 14.5 Å². The summed E-state index contributed by atoms with van der Waals surface area (Å²) in [4.78, 5) is 10.5. The van der Waals surface area contributed by atoms with E-state index in [0.29, 0.717) is 19.3 Å². The number of carbonyl (C=O) groups is 1. The van der Waals surface area contributed by atoms with Crippen LogP contribution in [0.5, 0.6) is 0 Å². The molecule has 0 aromatic carbocycles. The first-order valence-electron chi connectivity index (χ1n) is 5.10. The Morgan fingerprint density at radius 2 is 1.71 bits per heavy atom. The van der Waals surface area contributed by atoms with Crippen LogP contribution in [0.2, 0.25) is 12.1 Å². The molecule has 0 heterocycles. The molecule has 0 aliphatic rings. The van der Waals surface area contributed by atoms with Gasteiger partial charge in [0.15, 0.2) is 0 Å². The van der Waals surface area contributed by atoms with Crippen LogP contribution in [0.1, 0.15) is 27.2 Å². The van der Waals surface area contributed by atoms with Crippen LogP contribution >= 0.6 is 0 Å². The molecule has 0 atom stereocenters. The molecule has 0 saturated heterocycles. The molecule has 0 saturated carbocycles. The first kappa shape index (κ1) is 13.6. The zero-order valence-electron chi connectivity index (χ0n) is 9.21. The van der Waals surface area contributed by atoms with E-state index in [9.17, 15) is 4.79 Å². The van der Waals surface area contributed by atoms with E-state index in [-0.39, 0.29) is 6.42 Å². The summed E-state index contributed by atoms with van der Waals surface area (Å²) in [5.41, 5.74) is 0. The lowest BCUT2D eigenvalue weighted by Gasteiger charge is -2.28. The van der Waals surface area contributed by atoms with Crippen molar-refractivity contribution in [3.05, 3.63) is 0 Å². The zero-order chi connectivity index (χ0) is 11.0. The number of aliphatic carboxylic acids is 1. The molecule has 0 unspecified atom stereocenters. The van der Waals surface area contributed by atoms with Crippen molar-refractivity contribution in [1.82, 2.24) is 0 Å². The Labute approximate surface area is 86.5 Å². The average Bonchev–Trinajstić information content (AvgIpc) is 2.15. The average molecular weight is 220 g/mol. The molecule has 4 nitrogen and oxygen atoms in total. The summed E-state index contributed by atoms with van der Waals surface area (Å²) in [7, 11) is -2.21. The predicted octanol–water partition coefficient (Wildman–Crippen LogP) is 2.00. The smallest absolute Gasteiger partial charge is 0.338 e. The Morgan fingerprint density at radius 1 is 1.21 bits per heavy atom. The van der Waals surface area contributed by atoms with Crippen molar-refractivity contribution in [2.75, 3.05) is 13.2 Å². The fourth-order valence-electron chi connectivity index (χ4n) is 1.39. The Bertz CT molecular complexity index is 166. The van der Waals surface area contributed by atoms with Gasteiger partial charge in [-0.1, -0.05) is 6.92 Å². The maximum absolute atomic E-state index is 10.5. The van der Waals surface area contributed by atoms with E-state index in [0.717, 1.165) is 6.04 Å². The molecule has 1 N–H and O–H groups in total. The molecule has 0 amide bonds. The van der Waals surface area contributed by atoms with Gasteiger partial charge in [0.05, 0.1) is 0 Å². The summed E-state index contributed by atoms with van der Waals surface area (Å²) in [6.07, 6.45) is 0.139. The lowest BCUT2D eigenvalue weighted by molar-refractivity contribution is -0.136. The third kappa shape index (κ3) is 4.73.